The number of rotatable bonds is 4. The van der Waals surface area contributed by atoms with Crippen LogP contribution in [-0.4, -0.2) is 30.3 Å². The first kappa shape index (κ1) is 23.2. The number of fused-ring (bicyclic) bond motifs is 1. The molecule has 0 saturated heterocycles. The molecule has 0 fully saturated rings. The van der Waals surface area contributed by atoms with Crippen LogP contribution < -0.4 is 5.32 Å². The first-order valence-corrected chi connectivity index (χ1v) is 9.57. The maximum absolute atomic E-state index is 14.2. The Balaban J connectivity index is 1.77. The lowest BCUT2D eigenvalue weighted by atomic mass is 10.1. The Morgan fingerprint density at radius 3 is 2.29 bits per heavy atom. The SMILES string of the molecule is CCn1cc(-c2ccnc3c(C(=O)Nc4c(F)c(F)c(C(F)(F)F)c(F)c4F)cnn23)c(C)n1. The lowest BCUT2D eigenvalue weighted by Crippen LogP contribution is -2.20. The fraction of sp³-hybridized carbons (Fsp3) is 0.200. The highest BCUT2D eigenvalue weighted by Crippen LogP contribution is 2.38. The molecular weight excluding hydrogens is 473 g/mol. The number of alkyl halides is 3. The molecule has 34 heavy (non-hydrogen) atoms. The number of anilines is 1. The average Bonchev–Trinajstić information content (AvgIpc) is 3.37. The molecule has 3 heterocycles. The third kappa shape index (κ3) is 3.64. The summed E-state index contributed by atoms with van der Waals surface area (Å²) in [4.78, 5) is 16.6. The zero-order valence-corrected chi connectivity index (χ0v) is 17.3. The zero-order chi connectivity index (χ0) is 24.9. The van der Waals surface area contributed by atoms with Crippen LogP contribution in [0, 0.1) is 30.2 Å². The number of hydrogen-bond donors (Lipinski definition) is 1. The highest BCUT2D eigenvalue weighted by molar-refractivity contribution is 6.08. The van der Waals surface area contributed by atoms with Gasteiger partial charge in [0.1, 0.15) is 16.8 Å². The van der Waals surface area contributed by atoms with Crippen molar-refractivity contribution in [1.82, 2.24) is 24.4 Å². The molecule has 0 spiro atoms. The number of amides is 1. The number of benzene rings is 1. The number of aryl methyl sites for hydroxylation is 2. The number of nitrogens with one attached hydrogen (secondary N) is 1. The molecule has 0 aliphatic heterocycles. The van der Waals surface area contributed by atoms with Crippen LogP contribution in [0.15, 0.2) is 24.7 Å². The molecule has 0 aliphatic carbocycles. The van der Waals surface area contributed by atoms with Crippen molar-refractivity contribution in [2.45, 2.75) is 26.6 Å². The molecule has 0 atom stereocenters. The third-order valence-corrected chi connectivity index (χ3v) is 4.98. The van der Waals surface area contributed by atoms with Gasteiger partial charge in [0, 0.05) is 24.5 Å². The van der Waals surface area contributed by atoms with Crippen LogP contribution in [0.3, 0.4) is 0 Å². The summed E-state index contributed by atoms with van der Waals surface area (Å²) in [6.45, 7) is 4.20. The monoisotopic (exact) mass is 486 g/mol. The molecule has 0 saturated carbocycles. The second-order valence-corrected chi connectivity index (χ2v) is 7.07. The van der Waals surface area contributed by atoms with Gasteiger partial charge < -0.3 is 5.32 Å². The van der Waals surface area contributed by atoms with E-state index in [1.165, 1.54) is 10.7 Å². The van der Waals surface area contributed by atoms with Crippen LogP contribution in [0.4, 0.5) is 36.4 Å². The summed E-state index contributed by atoms with van der Waals surface area (Å²) >= 11 is 0. The first-order chi connectivity index (χ1) is 16.0. The van der Waals surface area contributed by atoms with Crippen LogP contribution in [0.5, 0.6) is 0 Å². The van der Waals surface area contributed by atoms with Gasteiger partial charge in [-0.15, -0.1) is 0 Å². The van der Waals surface area contributed by atoms with Crippen LogP contribution in [0.25, 0.3) is 16.9 Å². The molecule has 7 nitrogen and oxygen atoms in total. The Morgan fingerprint density at radius 2 is 1.74 bits per heavy atom. The molecule has 0 aliphatic rings. The fourth-order valence-corrected chi connectivity index (χ4v) is 3.36. The molecule has 0 unspecified atom stereocenters. The van der Waals surface area contributed by atoms with E-state index >= 15 is 0 Å². The van der Waals surface area contributed by atoms with Crippen LogP contribution in [-0.2, 0) is 12.7 Å². The number of nitrogens with zero attached hydrogens (tertiary/aromatic N) is 5. The Bertz CT molecular complexity index is 1410. The first-order valence-electron chi connectivity index (χ1n) is 9.57. The van der Waals surface area contributed by atoms with Crippen LogP contribution in [0.1, 0.15) is 28.5 Å². The van der Waals surface area contributed by atoms with Crippen molar-refractivity contribution in [2.24, 2.45) is 0 Å². The summed E-state index contributed by atoms with van der Waals surface area (Å²) in [5.41, 5.74) is -3.17. The maximum atomic E-state index is 14.2. The normalized spacial score (nSPS) is 11.9. The van der Waals surface area contributed by atoms with E-state index in [1.54, 1.807) is 29.2 Å². The Hall–Kier alpha value is -3.97. The van der Waals surface area contributed by atoms with E-state index in [-0.39, 0.29) is 11.2 Å². The summed E-state index contributed by atoms with van der Waals surface area (Å²) in [5.74, 6) is -11.5. The molecule has 1 amide bonds. The van der Waals surface area contributed by atoms with Crippen molar-refractivity contribution in [1.29, 1.82) is 0 Å². The van der Waals surface area contributed by atoms with Crippen molar-refractivity contribution in [3.05, 3.63) is 64.7 Å². The van der Waals surface area contributed by atoms with Crippen molar-refractivity contribution in [2.75, 3.05) is 5.32 Å². The topological polar surface area (TPSA) is 77.1 Å². The predicted molar refractivity (Wildman–Crippen MR) is 104 cm³/mol. The minimum atomic E-state index is -5.70. The maximum Gasteiger partial charge on any atom is 0.422 e. The summed E-state index contributed by atoms with van der Waals surface area (Å²) in [5, 5.41) is 9.91. The standard InChI is InChI=1S/C20H13F7N6O/c1-3-32-7-10(8(2)31-32)11-4-5-28-18-9(6-29-33(11)18)19(34)30-17-15(23)13(21)12(20(25,26)27)14(22)16(17)24/h4-7H,3H2,1-2H3,(H,30,34). The number of halogens is 7. The van der Waals surface area contributed by atoms with Gasteiger partial charge in [0.25, 0.3) is 5.91 Å². The van der Waals surface area contributed by atoms with Crippen molar-refractivity contribution < 1.29 is 35.5 Å². The van der Waals surface area contributed by atoms with Gasteiger partial charge in [-0.2, -0.15) is 23.4 Å². The van der Waals surface area contributed by atoms with E-state index in [4.69, 9.17) is 0 Å². The molecule has 14 heteroatoms. The number of carbonyl (C=O) groups excluding carboxylic acids is 1. The van der Waals surface area contributed by atoms with E-state index < -0.39 is 46.6 Å². The molecule has 1 aromatic carbocycles. The number of carbonyl (C=O) groups is 1. The van der Waals surface area contributed by atoms with E-state index in [9.17, 15) is 35.5 Å². The molecule has 4 aromatic rings. The van der Waals surface area contributed by atoms with Crippen LogP contribution in [0.2, 0.25) is 0 Å². The molecule has 0 radical (unpaired) electrons. The molecule has 3 aromatic heterocycles. The van der Waals surface area contributed by atoms with Gasteiger partial charge in [0.05, 0.1) is 17.6 Å². The molecule has 178 valence electrons. The van der Waals surface area contributed by atoms with Gasteiger partial charge in [-0.3, -0.25) is 9.48 Å². The Labute approximate surface area is 185 Å². The van der Waals surface area contributed by atoms with Gasteiger partial charge in [-0.25, -0.2) is 27.1 Å². The van der Waals surface area contributed by atoms with Gasteiger partial charge >= 0.3 is 6.18 Å². The minimum Gasteiger partial charge on any atom is -0.317 e. The van der Waals surface area contributed by atoms with Crippen molar-refractivity contribution >= 4 is 17.2 Å². The average molecular weight is 486 g/mol. The smallest absolute Gasteiger partial charge is 0.317 e. The summed E-state index contributed by atoms with van der Waals surface area (Å²) in [6, 6.07) is 1.58. The quantitative estimate of drug-likeness (QED) is 0.334. The predicted octanol–water partition coefficient (Wildman–Crippen LogP) is 4.75. The van der Waals surface area contributed by atoms with Gasteiger partial charge in [0.2, 0.25) is 0 Å². The van der Waals surface area contributed by atoms with Crippen molar-refractivity contribution in [3.8, 4) is 11.3 Å². The fourth-order valence-electron chi connectivity index (χ4n) is 3.36. The largest absolute Gasteiger partial charge is 0.422 e. The van der Waals surface area contributed by atoms with E-state index in [0.717, 1.165) is 6.20 Å². The summed E-state index contributed by atoms with van der Waals surface area (Å²) < 4.78 is 97.3. The van der Waals surface area contributed by atoms with Gasteiger partial charge in [-0.05, 0) is 19.9 Å². The Kier molecular flexibility index (Phi) is 5.53. The molecule has 4 rings (SSSR count). The van der Waals surface area contributed by atoms with E-state index in [0.29, 0.717) is 23.5 Å². The van der Waals surface area contributed by atoms with E-state index in [1.807, 2.05) is 6.92 Å². The highest BCUT2D eigenvalue weighted by Gasteiger charge is 2.42. The van der Waals surface area contributed by atoms with Gasteiger partial charge in [-0.1, -0.05) is 0 Å². The Morgan fingerprint density at radius 1 is 1.09 bits per heavy atom. The number of aromatic nitrogens is 5. The molecule has 1 N–H and O–H groups in total. The summed E-state index contributed by atoms with van der Waals surface area (Å²) in [6.07, 6.45) is -1.67. The minimum absolute atomic E-state index is 0.0904. The molecular formula is C20H13F7N6O. The second kappa shape index (κ2) is 8.11. The number of hydrogen-bond acceptors (Lipinski definition) is 4. The van der Waals surface area contributed by atoms with E-state index in [2.05, 4.69) is 15.2 Å². The van der Waals surface area contributed by atoms with Crippen LogP contribution >= 0.6 is 0 Å². The lowest BCUT2D eigenvalue weighted by Gasteiger charge is -2.14. The lowest BCUT2D eigenvalue weighted by molar-refractivity contribution is -0.143. The second-order valence-electron chi connectivity index (χ2n) is 7.07. The van der Waals surface area contributed by atoms with Crippen molar-refractivity contribution in [3.63, 3.8) is 0 Å². The van der Waals surface area contributed by atoms with Gasteiger partial charge in [0.15, 0.2) is 28.9 Å². The third-order valence-electron chi connectivity index (χ3n) is 4.98. The summed E-state index contributed by atoms with van der Waals surface area (Å²) in [7, 11) is 0. The highest BCUT2D eigenvalue weighted by atomic mass is 19.4. The molecule has 0 bridgehead atoms. The zero-order valence-electron chi connectivity index (χ0n) is 17.3.